The fraction of sp³-hybridized carbons (Fsp3) is 0.500. The topological polar surface area (TPSA) is 49.8 Å². The van der Waals surface area contributed by atoms with Gasteiger partial charge in [-0.2, -0.15) is 0 Å². The minimum Gasteiger partial charge on any atom is -0.478 e. The third kappa shape index (κ3) is 3.04. The third-order valence-electron chi connectivity index (χ3n) is 3.20. The number of aliphatic hydroxyl groups excluding tert-OH is 1. The molecule has 1 aliphatic heterocycles. The van der Waals surface area contributed by atoms with Crippen LogP contribution in [0.5, 0.6) is 5.75 Å². The van der Waals surface area contributed by atoms with Gasteiger partial charge in [0.05, 0.1) is 0 Å². The van der Waals surface area contributed by atoms with Crippen LogP contribution in [0.3, 0.4) is 0 Å². The van der Waals surface area contributed by atoms with Crippen LogP contribution in [0.15, 0.2) is 24.3 Å². The fourth-order valence-corrected chi connectivity index (χ4v) is 2.07. The smallest absolute Gasteiger partial charge is 0.266 e. The van der Waals surface area contributed by atoms with Crippen molar-refractivity contribution in [3.05, 3.63) is 30.1 Å². The van der Waals surface area contributed by atoms with Gasteiger partial charge in [0.15, 0.2) is 5.60 Å². The molecule has 0 saturated carbocycles. The van der Waals surface area contributed by atoms with Crippen LogP contribution in [0.1, 0.15) is 13.8 Å². The first-order valence-corrected chi connectivity index (χ1v) is 6.27. The Hall–Kier alpha value is -1.62. The molecule has 1 saturated heterocycles. The Morgan fingerprint density at radius 1 is 1.42 bits per heavy atom. The third-order valence-corrected chi connectivity index (χ3v) is 3.20. The van der Waals surface area contributed by atoms with Crippen LogP contribution in [0, 0.1) is 11.7 Å². The molecule has 19 heavy (non-hydrogen) atoms. The molecule has 0 spiro atoms. The summed E-state index contributed by atoms with van der Waals surface area (Å²) in [4.78, 5) is 13.9. The maximum atomic E-state index is 12.8. The van der Waals surface area contributed by atoms with Crippen molar-refractivity contribution in [3.8, 4) is 5.75 Å². The molecule has 0 radical (unpaired) electrons. The number of amides is 1. The molecule has 0 aliphatic carbocycles. The van der Waals surface area contributed by atoms with Crippen LogP contribution in [0.25, 0.3) is 0 Å². The number of benzene rings is 1. The lowest BCUT2D eigenvalue weighted by Gasteiger charge is -2.42. The molecule has 104 valence electrons. The van der Waals surface area contributed by atoms with E-state index in [1.807, 2.05) is 0 Å². The van der Waals surface area contributed by atoms with Crippen LogP contribution in [0.4, 0.5) is 4.39 Å². The zero-order valence-electron chi connectivity index (χ0n) is 11.1. The van der Waals surface area contributed by atoms with Gasteiger partial charge in [-0.15, -0.1) is 0 Å². The van der Waals surface area contributed by atoms with Gasteiger partial charge in [-0.3, -0.25) is 4.79 Å². The highest BCUT2D eigenvalue weighted by molar-refractivity contribution is 5.85. The van der Waals surface area contributed by atoms with Crippen molar-refractivity contribution in [2.24, 2.45) is 5.92 Å². The van der Waals surface area contributed by atoms with Crippen molar-refractivity contribution >= 4 is 5.91 Å². The number of halogens is 1. The summed E-state index contributed by atoms with van der Waals surface area (Å²) in [6.07, 6.45) is 0. The van der Waals surface area contributed by atoms with Crippen molar-refractivity contribution in [1.29, 1.82) is 0 Å². The van der Waals surface area contributed by atoms with Gasteiger partial charge in [0.2, 0.25) is 0 Å². The Morgan fingerprint density at radius 2 is 2.00 bits per heavy atom. The standard InChI is InChI=1S/C14H18FNO3/c1-14(2,13(18)16-7-10(8-16)9-17)19-12-5-3-11(15)4-6-12/h3-6,10,17H,7-9H2,1-2H3. The summed E-state index contributed by atoms with van der Waals surface area (Å²) < 4.78 is 18.4. The van der Waals surface area contributed by atoms with Gasteiger partial charge in [-0.1, -0.05) is 0 Å². The minimum absolute atomic E-state index is 0.100. The van der Waals surface area contributed by atoms with Crippen LogP contribution < -0.4 is 4.74 Å². The molecule has 0 aromatic heterocycles. The predicted molar refractivity (Wildman–Crippen MR) is 68.3 cm³/mol. The molecule has 4 nitrogen and oxygen atoms in total. The lowest BCUT2D eigenvalue weighted by Crippen LogP contribution is -2.58. The molecule has 1 aliphatic rings. The Labute approximate surface area is 111 Å². The van der Waals surface area contributed by atoms with Gasteiger partial charge in [0.1, 0.15) is 11.6 Å². The number of hydrogen-bond donors (Lipinski definition) is 1. The monoisotopic (exact) mass is 267 g/mol. The summed E-state index contributed by atoms with van der Waals surface area (Å²) in [7, 11) is 0. The van der Waals surface area contributed by atoms with E-state index in [1.54, 1.807) is 18.7 Å². The van der Waals surface area contributed by atoms with Gasteiger partial charge >= 0.3 is 0 Å². The first-order chi connectivity index (χ1) is 8.92. The summed E-state index contributed by atoms with van der Waals surface area (Å²) >= 11 is 0. The molecule has 0 bridgehead atoms. The zero-order chi connectivity index (χ0) is 14.0. The number of likely N-dealkylation sites (tertiary alicyclic amines) is 1. The summed E-state index contributed by atoms with van der Waals surface area (Å²) in [5.41, 5.74) is -1.00. The van der Waals surface area contributed by atoms with Crippen LogP contribution >= 0.6 is 0 Å². The molecule has 1 aromatic carbocycles. The van der Waals surface area contributed by atoms with Gasteiger partial charge in [0.25, 0.3) is 5.91 Å². The van der Waals surface area contributed by atoms with Crippen LogP contribution in [0.2, 0.25) is 0 Å². The highest BCUT2D eigenvalue weighted by Crippen LogP contribution is 2.24. The largest absolute Gasteiger partial charge is 0.478 e. The number of hydrogen-bond acceptors (Lipinski definition) is 3. The van der Waals surface area contributed by atoms with Gasteiger partial charge in [-0.05, 0) is 38.1 Å². The molecular formula is C14H18FNO3. The molecule has 1 fully saturated rings. The average Bonchev–Trinajstić information content (AvgIpc) is 2.30. The van der Waals surface area contributed by atoms with Gasteiger partial charge < -0.3 is 14.7 Å². The summed E-state index contributed by atoms with van der Waals surface area (Å²) in [6.45, 7) is 4.59. The Balaban J connectivity index is 1.98. The van der Waals surface area contributed by atoms with Crippen LogP contribution in [-0.4, -0.2) is 41.2 Å². The maximum absolute atomic E-state index is 12.8. The van der Waals surface area contributed by atoms with E-state index in [0.29, 0.717) is 18.8 Å². The van der Waals surface area contributed by atoms with E-state index in [2.05, 4.69) is 0 Å². The lowest BCUT2D eigenvalue weighted by molar-refractivity contribution is -0.153. The van der Waals surface area contributed by atoms with Crippen molar-refractivity contribution in [2.45, 2.75) is 19.4 Å². The van der Waals surface area contributed by atoms with E-state index in [9.17, 15) is 9.18 Å². The quantitative estimate of drug-likeness (QED) is 0.898. The lowest BCUT2D eigenvalue weighted by atomic mass is 9.97. The van der Waals surface area contributed by atoms with Crippen molar-refractivity contribution in [3.63, 3.8) is 0 Å². The molecule has 0 atom stereocenters. The normalized spacial score (nSPS) is 16.1. The number of carbonyl (C=O) groups excluding carboxylic acids is 1. The maximum Gasteiger partial charge on any atom is 0.266 e. The van der Waals surface area contributed by atoms with E-state index in [0.717, 1.165) is 0 Å². The SMILES string of the molecule is CC(C)(Oc1ccc(F)cc1)C(=O)N1CC(CO)C1. The predicted octanol–water partition coefficient (Wildman–Crippen LogP) is 1.43. The Kier molecular flexibility index (Phi) is 3.75. The van der Waals surface area contributed by atoms with E-state index in [4.69, 9.17) is 9.84 Å². The van der Waals surface area contributed by atoms with Crippen molar-refractivity contribution in [1.82, 2.24) is 4.90 Å². The molecule has 5 heteroatoms. The molecule has 1 N–H and O–H groups in total. The first kappa shape index (κ1) is 13.8. The second kappa shape index (κ2) is 5.17. The number of carbonyl (C=O) groups is 1. The Bertz CT molecular complexity index is 452. The highest BCUT2D eigenvalue weighted by Gasteiger charge is 2.40. The molecule has 1 aromatic rings. The molecule has 1 amide bonds. The minimum atomic E-state index is -1.00. The van der Waals surface area contributed by atoms with E-state index < -0.39 is 5.60 Å². The number of aliphatic hydroxyl groups is 1. The van der Waals surface area contributed by atoms with Crippen molar-refractivity contribution in [2.75, 3.05) is 19.7 Å². The second-order valence-corrected chi connectivity index (χ2v) is 5.33. The highest BCUT2D eigenvalue weighted by atomic mass is 19.1. The average molecular weight is 267 g/mol. The number of rotatable bonds is 4. The fourth-order valence-electron chi connectivity index (χ4n) is 2.07. The second-order valence-electron chi connectivity index (χ2n) is 5.33. The molecule has 2 rings (SSSR count). The summed E-state index contributed by atoms with van der Waals surface area (Å²) in [5, 5.41) is 8.94. The first-order valence-electron chi connectivity index (χ1n) is 6.27. The number of ether oxygens (including phenoxy) is 1. The van der Waals surface area contributed by atoms with E-state index >= 15 is 0 Å². The van der Waals surface area contributed by atoms with Gasteiger partial charge in [0, 0.05) is 25.6 Å². The van der Waals surface area contributed by atoms with Crippen molar-refractivity contribution < 1.29 is 19.0 Å². The molecule has 1 heterocycles. The van der Waals surface area contributed by atoms with Gasteiger partial charge in [-0.25, -0.2) is 4.39 Å². The molecule has 0 unspecified atom stereocenters. The Morgan fingerprint density at radius 3 is 2.53 bits per heavy atom. The molecular weight excluding hydrogens is 249 g/mol. The van der Waals surface area contributed by atoms with Crippen LogP contribution in [-0.2, 0) is 4.79 Å². The number of nitrogens with zero attached hydrogens (tertiary/aromatic N) is 1. The zero-order valence-corrected chi connectivity index (χ0v) is 11.1. The summed E-state index contributed by atoms with van der Waals surface area (Å²) in [5.74, 6) is 0.163. The van der Waals surface area contributed by atoms with E-state index in [-0.39, 0.29) is 24.2 Å². The van der Waals surface area contributed by atoms with E-state index in [1.165, 1.54) is 24.3 Å². The summed E-state index contributed by atoms with van der Waals surface area (Å²) in [6, 6.07) is 5.58.